The van der Waals surface area contributed by atoms with E-state index in [0.29, 0.717) is 16.6 Å². The van der Waals surface area contributed by atoms with E-state index in [0.717, 1.165) is 18.5 Å². The van der Waals surface area contributed by atoms with Gasteiger partial charge < -0.3 is 0 Å². The fourth-order valence-corrected chi connectivity index (χ4v) is 4.47. The van der Waals surface area contributed by atoms with Crippen molar-refractivity contribution in [1.29, 1.82) is 0 Å². The third kappa shape index (κ3) is 4.05. The molecule has 1 heterocycles. The van der Waals surface area contributed by atoms with Gasteiger partial charge in [-0.3, -0.25) is 14.8 Å². The summed E-state index contributed by atoms with van der Waals surface area (Å²) in [4.78, 5) is 16.7. The number of carbonyl (C=O) groups excluding carboxylic acids is 1. The summed E-state index contributed by atoms with van der Waals surface area (Å²) in [6, 6.07) is 10.9. The van der Waals surface area contributed by atoms with Gasteiger partial charge in [0.15, 0.2) is 5.13 Å². The van der Waals surface area contributed by atoms with E-state index in [4.69, 9.17) is 0 Å². The first-order valence-electron chi connectivity index (χ1n) is 8.56. The summed E-state index contributed by atoms with van der Waals surface area (Å²) in [6.07, 6.45) is 2.27. The maximum atomic E-state index is 13.7. The van der Waals surface area contributed by atoms with Crippen LogP contribution in [-0.2, 0) is 10.0 Å². The number of sulfonamides is 1. The lowest BCUT2D eigenvalue weighted by molar-refractivity contribution is 0.102. The number of halogens is 1. The van der Waals surface area contributed by atoms with E-state index in [1.165, 1.54) is 59.9 Å². The number of rotatable bonds is 6. The van der Waals surface area contributed by atoms with Gasteiger partial charge in [0.05, 0.1) is 16.3 Å². The Bertz CT molecular complexity index is 1120. The van der Waals surface area contributed by atoms with Crippen molar-refractivity contribution in [3.63, 3.8) is 0 Å². The van der Waals surface area contributed by atoms with Crippen LogP contribution in [0.2, 0.25) is 0 Å². The maximum absolute atomic E-state index is 13.7. The van der Waals surface area contributed by atoms with Crippen LogP contribution in [0, 0.1) is 5.82 Å². The van der Waals surface area contributed by atoms with Gasteiger partial charge >= 0.3 is 0 Å². The lowest BCUT2D eigenvalue weighted by Gasteiger charge is -2.09. The Hall–Kier alpha value is -2.78. The summed E-state index contributed by atoms with van der Waals surface area (Å²) in [5, 5.41) is 5.18. The third-order valence-electron chi connectivity index (χ3n) is 4.28. The van der Waals surface area contributed by atoms with Crippen molar-refractivity contribution in [2.45, 2.75) is 23.7 Å². The number of nitrogens with one attached hydrogen (secondary N) is 2. The molecule has 0 spiro atoms. The van der Waals surface area contributed by atoms with Crippen molar-refractivity contribution in [2.24, 2.45) is 0 Å². The molecule has 1 aromatic heterocycles. The van der Waals surface area contributed by atoms with Crippen LogP contribution in [0.1, 0.15) is 34.8 Å². The third-order valence-corrected chi connectivity index (χ3v) is 6.44. The number of aromatic nitrogens is 1. The van der Waals surface area contributed by atoms with E-state index in [1.54, 1.807) is 0 Å². The molecule has 6 nitrogen and oxygen atoms in total. The molecule has 28 heavy (non-hydrogen) atoms. The predicted molar refractivity (Wildman–Crippen MR) is 106 cm³/mol. The minimum Gasteiger partial charge on any atom is -0.298 e. The monoisotopic (exact) mass is 417 g/mol. The van der Waals surface area contributed by atoms with E-state index in [9.17, 15) is 17.6 Å². The number of nitrogens with zero attached hydrogens (tertiary/aromatic N) is 1. The fourth-order valence-electron chi connectivity index (χ4n) is 2.61. The largest absolute Gasteiger partial charge is 0.298 e. The lowest BCUT2D eigenvalue weighted by Crippen LogP contribution is -2.15. The first kappa shape index (κ1) is 18.6. The van der Waals surface area contributed by atoms with Gasteiger partial charge in [0.1, 0.15) is 5.82 Å². The van der Waals surface area contributed by atoms with Gasteiger partial charge in [0.25, 0.3) is 15.9 Å². The summed E-state index contributed by atoms with van der Waals surface area (Å²) in [5.41, 5.74) is 1.16. The zero-order valence-electron chi connectivity index (χ0n) is 14.6. The molecule has 1 saturated carbocycles. The lowest BCUT2D eigenvalue weighted by atomic mass is 10.2. The molecule has 1 aliphatic rings. The molecule has 1 aliphatic carbocycles. The van der Waals surface area contributed by atoms with Crippen LogP contribution in [-0.4, -0.2) is 19.3 Å². The Morgan fingerprint density at radius 2 is 1.82 bits per heavy atom. The van der Waals surface area contributed by atoms with Crippen LogP contribution in [0.25, 0.3) is 0 Å². The van der Waals surface area contributed by atoms with E-state index in [1.807, 2.05) is 5.38 Å². The van der Waals surface area contributed by atoms with Crippen LogP contribution in [0.15, 0.2) is 58.8 Å². The molecular formula is C19H16FN3O3S2. The van der Waals surface area contributed by atoms with Crippen LogP contribution in [0.4, 0.5) is 15.2 Å². The molecule has 2 N–H and O–H groups in total. The van der Waals surface area contributed by atoms with Gasteiger partial charge in [0, 0.05) is 16.9 Å². The zero-order valence-corrected chi connectivity index (χ0v) is 16.2. The molecule has 0 aliphatic heterocycles. The molecule has 1 amide bonds. The Morgan fingerprint density at radius 1 is 1.11 bits per heavy atom. The average molecular weight is 417 g/mol. The van der Waals surface area contributed by atoms with Gasteiger partial charge in [-0.15, -0.1) is 11.3 Å². The molecule has 1 fully saturated rings. The molecule has 2 aromatic carbocycles. The zero-order chi connectivity index (χ0) is 19.7. The number of para-hydroxylation sites is 1. The van der Waals surface area contributed by atoms with Crippen LogP contribution < -0.4 is 10.0 Å². The standard InChI is InChI=1S/C19H16FN3O3S2/c20-15-3-1-2-4-16(15)23-28(25,26)14-9-7-13(8-10-14)18(24)22-19-21-17(11-27-19)12-5-6-12/h1-4,7-12,23H,5-6H2,(H,21,22,24). The number of hydrogen-bond donors (Lipinski definition) is 2. The molecule has 9 heteroatoms. The summed E-state index contributed by atoms with van der Waals surface area (Å²) in [5.74, 6) is -0.535. The van der Waals surface area contributed by atoms with Crippen molar-refractivity contribution in [2.75, 3.05) is 10.0 Å². The second-order valence-corrected chi connectivity index (χ2v) is 8.96. The van der Waals surface area contributed by atoms with Gasteiger partial charge in [-0.2, -0.15) is 0 Å². The first-order chi connectivity index (χ1) is 13.4. The van der Waals surface area contributed by atoms with Gasteiger partial charge in [0.2, 0.25) is 0 Å². The van der Waals surface area contributed by atoms with E-state index in [2.05, 4.69) is 15.0 Å². The maximum Gasteiger partial charge on any atom is 0.261 e. The SMILES string of the molecule is O=C(Nc1nc(C2CC2)cs1)c1ccc(S(=O)(=O)Nc2ccccc2F)cc1. The minimum atomic E-state index is -3.97. The predicted octanol–water partition coefficient (Wildman–Crippen LogP) is 4.21. The van der Waals surface area contributed by atoms with Crippen molar-refractivity contribution in [1.82, 2.24) is 4.98 Å². The summed E-state index contributed by atoms with van der Waals surface area (Å²) in [6.45, 7) is 0. The number of hydrogen-bond acceptors (Lipinski definition) is 5. The average Bonchev–Trinajstić information content (AvgIpc) is 3.43. The quantitative estimate of drug-likeness (QED) is 0.629. The molecule has 4 rings (SSSR count). The van der Waals surface area contributed by atoms with Gasteiger partial charge in [-0.05, 0) is 49.2 Å². The number of carbonyl (C=O) groups is 1. The molecule has 144 valence electrons. The number of thiazole rings is 1. The van der Waals surface area contributed by atoms with E-state index >= 15 is 0 Å². The molecule has 3 aromatic rings. The van der Waals surface area contributed by atoms with E-state index < -0.39 is 15.8 Å². The van der Waals surface area contributed by atoms with Crippen molar-refractivity contribution < 1.29 is 17.6 Å². The number of amides is 1. The minimum absolute atomic E-state index is 0.0717. The van der Waals surface area contributed by atoms with Crippen molar-refractivity contribution in [3.05, 3.63) is 71.0 Å². The van der Waals surface area contributed by atoms with Crippen molar-refractivity contribution in [3.8, 4) is 0 Å². The Labute approximate surface area is 165 Å². The normalized spacial score (nSPS) is 13.9. The second-order valence-electron chi connectivity index (χ2n) is 6.42. The van der Waals surface area contributed by atoms with E-state index in [-0.39, 0.29) is 16.5 Å². The highest BCUT2D eigenvalue weighted by molar-refractivity contribution is 7.92. The van der Waals surface area contributed by atoms with Crippen LogP contribution in [0.5, 0.6) is 0 Å². The summed E-state index contributed by atoms with van der Waals surface area (Å²) >= 11 is 1.37. The molecular weight excluding hydrogens is 401 g/mol. The summed E-state index contributed by atoms with van der Waals surface area (Å²) in [7, 11) is -3.97. The highest BCUT2D eigenvalue weighted by atomic mass is 32.2. The molecule has 0 bridgehead atoms. The highest BCUT2D eigenvalue weighted by Crippen LogP contribution is 2.40. The second kappa shape index (κ2) is 7.33. The Kier molecular flexibility index (Phi) is 4.86. The Balaban J connectivity index is 1.46. The molecule has 0 radical (unpaired) electrons. The topological polar surface area (TPSA) is 88.2 Å². The number of anilines is 2. The van der Waals surface area contributed by atoms with Gasteiger partial charge in [-0.25, -0.2) is 17.8 Å². The van der Waals surface area contributed by atoms with Crippen molar-refractivity contribution >= 4 is 38.1 Å². The molecule has 0 saturated heterocycles. The number of benzene rings is 2. The molecule has 0 unspecified atom stereocenters. The Morgan fingerprint density at radius 3 is 2.50 bits per heavy atom. The van der Waals surface area contributed by atoms with Crippen LogP contribution >= 0.6 is 11.3 Å². The fraction of sp³-hybridized carbons (Fsp3) is 0.158. The molecule has 0 atom stereocenters. The van der Waals surface area contributed by atoms with Gasteiger partial charge in [-0.1, -0.05) is 12.1 Å². The smallest absolute Gasteiger partial charge is 0.261 e. The van der Waals surface area contributed by atoms with Crippen LogP contribution in [0.3, 0.4) is 0 Å². The summed E-state index contributed by atoms with van der Waals surface area (Å²) < 4.78 is 40.7. The highest BCUT2D eigenvalue weighted by Gasteiger charge is 2.26. The first-order valence-corrected chi connectivity index (χ1v) is 10.9.